The summed E-state index contributed by atoms with van der Waals surface area (Å²) in [7, 11) is 1.84. The Morgan fingerprint density at radius 2 is 2.03 bits per heavy atom. The Hall–Kier alpha value is -2.76. The van der Waals surface area contributed by atoms with Gasteiger partial charge in [0.2, 0.25) is 5.91 Å². The van der Waals surface area contributed by atoms with Crippen molar-refractivity contribution in [2.45, 2.75) is 72.0 Å². The topological polar surface area (TPSA) is 74.1 Å². The fourth-order valence-electron chi connectivity index (χ4n) is 5.62. The van der Waals surface area contributed by atoms with Crippen molar-refractivity contribution in [2.75, 3.05) is 7.05 Å². The van der Waals surface area contributed by atoms with Crippen LogP contribution in [0.4, 0.5) is 0 Å². The number of amides is 1. The van der Waals surface area contributed by atoms with Gasteiger partial charge in [0, 0.05) is 42.8 Å². The first kappa shape index (κ1) is 22.4. The Balaban J connectivity index is 1.82. The molecule has 1 aromatic rings. The molecule has 3 aliphatic rings. The van der Waals surface area contributed by atoms with E-state index in [0.717, 1.165) is 40.8 Å². The first-order valence-electron chi connectivity index (χ1n) is 11.6. The molecule has 2 unspecified atom stereocenters. The Kier molecular flexibility index (Phi) is 5.60. The minimum atomic E-state index is -0.557. The molecule has 0 aromatic heterocycles. The number of nitrogens with one attached hydrogen (secondary N) is 1. The van der Waals surface area contributed by atoms with Crippen LogP contribution in [-0.2, 0) is 21.5 Å². The third-order valence-electron chi connectivity index (χ3n) is 7.02. The Labute approximate surface area is 190 Å². The van der Waals surface area contributed by atoms with Gasteiger partial charge in [0.1, 0.15) is 0 Å². The standard InChI is InChI=1S/C26H34N4O2/c1-7-26(18-10-8-9-17(11-18)15-30(6)24(32)16(2)3)19-14-27-29-23(19)28-20-12-25(4,5)13-21(31)22(20)26/h8-11,14,16,23,28H,7,12-13,15H2,1-6H3. The minimum Gasteiger partial charge on any atom is -0.362 e. The van der Waals surface area contributed by atoms with E-state index in [1.165, 1.54) is 0 Å². The van der Waals surface area contributed by atoms with Crippen molar-refractivity contribution in [3.05, 3.63) is 58.4 Å². The number of rotatable bonds is 5. The third kappa shape index (κ3) is 3.59. The molecule has 1 amide bonds. The minimum absolute atomic E-state index is 0.0434. The summed E-state index contributed by atoms with van der Waals surface area (Å²) in [6.45, 7) is 10.8. The number of hydrogen-bond donors (Lipinski definition) is 1. The number of nitrogens with zero attached hydrogens (tertiary/aromatic N) is 3. The maximum atomic E-state index is 13.6. The highest BCUT2D eigenvalue weighted by Crippen LogP contribution is 2.53. The molecule has 0 saturated carbocycles. The summed E-state index contributed by atoms with van der Waals surface area (Å²) < 4.78 is 0. The Bertz CT molecular complexity index is 1050. The van der Waals surface area contributed by atoms with Crippen LogP contribution in [0.25, 0.3) is 0 Å². The molecule has 0 radical (unpaired) electrons. The molecular formula is C26H34N4O2. The van der Waals surface area contributed by atoms with Crippen molar-refractivity contribution in [1.82, 2.24) is 10.2 Å². The zero-order valence-electron chi connectivity index (χ0n) is 20.0. The molecule has 2 heterocycles. The van der Waals surface area contributed by atoms with Gasteiger partial charge in [0.15, 0.2) is 11.9 Å². The lowest BCUT2D eigenvalue weighted by molar-refractivity contribution is -0.133. The predicted octanol–water partition coefficient (Wildman–Crippen LogP) is 4.87. The molecule has 2 atom stereocenters. The van der Waals surface area contributed by atoms with Crippen molar-refractivity contribution < 1.29 is 9.59 Å². The molecule has 2 aliphatic heterocycles. The van der Waals surface area contributed by atoms with Crippen LogP contribution in [0.15, 0.2) is 57.5 Å². The number of benzene rings is 1. The summed E-state index contributed by atoms with van der Waals surface area (Å²) in [5, 5.41) is 12.2. The van der Waals surface area contributed by atoms with Gasteiger partial charge >= 0.3 is 0 Å². The van der Waals surface area contributed by atoms with Gasteiger partial charge in [-0.3, -0.25) is 9.59 Å². The van der Waals surface area contributed by atoms with Crippen LogP contribution >= 0.6 is 0 Å². The molecule has 0 bridgehead atoms. The highest BCUT2D eigenvalue weighted by Gasteiger charge is 2.52. The smallest absolute Gasteiger partial charge is 0.225 e. The van der Waals surface area contributed by atoms with E-state index in [2.05, 4.69) is 54.5 Å². The van der Waals surface area contributed by atoms with Gasteiger partial charge in [0.25, 0.3) is 0 Å². The number of allylic oxidation sites excluding steroid dienone is 2. The monoisotopic (exact) mass is 434 g/mol. The van der Waals surface area contributed by atoms with E-state index in [0.29, 0.717) is 13.0 Å². The van der Waals surface area contributed by atoms with Crippen LogP contribution in [0.3, 0.4) is 0 Å². The van der Waals surface area contributed by atoms with Crippen molar-refractivity contribution in [3.63, 3.8) is 0 Å². The van der Waals surface area contributed by atoms with Gasteiger partial charge in [0.05, 0.1) is 11.6 Å². The molecule has 0 saturated heterocycles. The predicted molar refractivity (Wildman–Crippen MR) is 125 cm³/mol. The summed E-state index contributed by atoms with van der Waals surface area (Å²) in [6.07, 6.45) is 3.70. The van der Waals surface area contributed by atoms with E-state index in [1.54, 1.807) is 4.90 Å². The van der Waals surface area contributed by atoms with Crippen LogP contribution in [-0.4, -0.2) is 29.8 Å². The SMILES string of the molecule is CCC1(c2cccc(CN(C)C(=O)C(C)C)c2)C2=CN=NC2NC2=C1C(=O)CC(C)(C)C2. The lowest BCUT2D eigenvalue weighted by Gasteiger charge is -2.47. The normalized spacial score (nSPS) is 25.9. The van der Waals surface area contributed by atoms with Gasteiger partial charge in [-0.25, -0.2) is 0 Å². The molecule has 1 N–H and O–H groups in total. The number of azo groups is 1. The number of Topliss-reactive ketones (excluding diaryl/α,β-unsaturated/α-hetero) is 1. The van der Waals surface area contributed by atoms with Crippen LogP contribution in [0.5, 0.6) is 0 Å². The van der Waals surface area contributed by atoms with Gasteiger partial charge in [-0.2, -0.15) is 10.2 Å². The van der Waals surface area contributed by atoms with Crippen molar-refractivity contribution in [1.29, 1.82) is 0 Å². The molecule has 1 aliphatic carbocycles. The Morgan fingerprint density at radius 3 is 2.72 bits per heavy atom. The van der Waals surface area contributed by atoms with Crippen molar-refractivity contribution in [2.24, 2.45) is 21.6 Å². The second-order valence-electron chi connectivity index (χ2n) is 10.5. The van der Waals surface area contributed by atoms with E-state index >= 15 is 0 Å². The zero-order valence-corrected chi connectivity index (χ0v) is 20.0. The maximum absolute atomic E-state index is 13.6. The average molecular weight is 435 g/mol. The number of carbonyl (C=O) groups excluding carboxylic acids is 2. The quantitative estimate of drug-likeness (QED) is 0.718. The largest absolute Gasteiger partial charge is 0.362 e. The molecule has 32 heavy (non-hydrogen) atoms. The van der Waals surface area contributed by atoms with E-state index in [4.69, 9.17) is 0 Å². The van der Waals surface area contributed by atoms with Gasteiger partial charge in [-0.05, 0) is 29.4 Å². The zero-order chi connectivity index (χ0) is 23.3. The second kappa shape index (κ2) is 7.98. The lowest BCUT2D eigenvalue weighted by Crippen LogP contribution is -2.51. The van der Waals surface area contributed by atoms with Crippen molar-refractivity contribution >= 4 is 11.7 Å². The van der Waals surface area contributed by atoms with E-state index in [9.17, 15) is 9.59 Å². The molecule has 170 valence electrons. The number of ketones is 1. The second-order valence-corrected chi connectivity index (χ2v) is 10.5. The molecule has 6 heteroatoms. The molecule has 4 rings (SSSR count). The van der Waals surface area contributed by atoms with Crippen LogP contribution in [0.1, 0.15) is 65.0 Å². The van der Waals surface area contributed by atoms with Crippen LogP contribution in [0.2, 0.25) is 0 Å². The fourth-order valence-corrected chi connectivity index (χ4v) is 5.62. The number of fused-ring (bicyclic) bond motifs is 1. The van der Waals surface area contributed by atoms with Crippen LogP contribution < -0.4 is 5.32 Å². The van der Waals surface area contributed by atoms with Crippen molar-refractivity contribution in [3.8, 4) is 0 Å². The highest BCUT2D eigenvalue weighted by molar-refractivity contribution is 6.01. The lowest BCUT2D eigenvalue weighted by atomic mass is 9.59. The number of hydrogen-bond acceptors (Lipinski definition) is 5. The third-order valence-corrected chi connectivity index (χ3v) is 7.02. The Morgan fingerprint density at radius 1 is 1.28 bits per heavy atom. The fraction of sp³-hybridized carbons (Fsp3) is 0.538. The van der Waals surface area contributed by atoms with E-state index in [1.807, 2.05) is 33.2 Å². The van der Waals surface area contributed by atoms with E-state index in [-0.39, 0.29) is 29.2 Å². The summed E-state index contributed by atoms with van der Waals surface area (Å²) in [5.74, 6) is 0.279. The molecule has 0 spiro atoms. The summed E-state index contributed by atoms with van der Waals surface area (Å²) in [4.78, 5) is 27.8. The number of carbonyl (C=O) groups is 2. The van der Waals surface area contributed by atoms with E-state index < -0.39 is 5.41 Å². The summed E-state index contributed by atoms with van der Waals surface area (Å²) in [5.41, 5.74) is 4.41. The molecule has 6 nitrogen and oxygen atoms in total. The summed E-state index contributed by atoms with van der Waals surface area (Å²) in [6, 6.07) is 8.35. The first-order chi connectivity index (χ1) is 15.1. The van der Waals surface area contributed by atoms with Gasteiger partial charge < -0.3 is 10.2 Å². The molecular weight excluding hydrogens is 400 g/mol. The molecule has 0 fully saturated rings. The van der Waals surface area contributed by atoms with Crippen LogP contribution in [0, 0.1) is 11.3 Å². The molecule has 1 aromatic carbocycles. The maximum Gasteiger partial charge on any atom is 0.225 e. The average Bonchev–Trinajstić information content (AvgIpc) is 3.19. The van der Waals surface area contributed by atoms with Gasteiger partial charge in [-0.15, -0.1) is 0 Å². The summed E-state index contributed by atoms with van der Waals surface area (Å²) >= 11 is 0. The first-order valence-corrected chi connectivity index (χ1v) is 11.6. The highest BCUT2D eigenvalue weighted by atomic mass is 16.2. The van der Waals surface area contributed by atoms with Gasteiger partial charge in [-0.1, -0.05) is 58.9 Å².